The third-order valence-corrected chi connectivity index (χ3v) is 6.68. The van der Waals surface area contributed by atoms with E-state index in [9.17, 15) is 9.18 Å². The van der Waals surface area contributed by atoms with Gasteiger partial charge in [0, 0.05) is 31.3 Å². The van der Waals surface area contributed by atoms with Crippen LogP contribution >= 0.6 is 0 Å². The van der Waals surface area contributed by atoms with E-state index in [1.807, 2.05) is 16.2 Å². The van der Waals surface area contributed by atoms with Crippen molar-refractivity contribution in [2.45, 2.75) is 44.7 Å². The molecule has 1 aliphatic heterocycles. The molecule has 0 spiro atoms. The summed E-state index contributed by atoms with van der Waals surface area (Å²) in [5, 5.41) is 8.61. The Balaban J connectivity index is 1.50. The molecule has 1 saturated carbocycles. The van der Waals surface area contributed by atoms with E-state index in [0.29, 0.717) is 40.1 Å². The van der Waals surface area contributed by atoms with Crippen molar-refractivity contribution in [1.82, 2.24) is 29.6 Å². The average Bonchev–Trinajstić information content (AvgIpc) is 3.22. The molecule has 2 fully saturated rings. The molecule has 1 saturated heterocycles. The second-order valence-electron chi connectivity index (χ2n) is 8.95. The van der Waals surface area contributed by atoms with Crippen LogP contribution in [0, 0.1) is 17.7 Å². The number of nitrogens with zero attached hydrogens (tertiary/aromatic N) is 5. The van der Waals surface area contributed by atoms with Crippen LogP contribution < -0.4 is 11.1 Å². The number of nitrogen functional groups attached to an aromatic ring is 1. The van der Waals surface area contributed by atoms with Crippen molar-refractivity contribution >= 4 is 33.5 Å². The highest BCUT2D eigenvalue weighted by molar-refractivity contribution is 6.09. The Morgan fingerprint density at radius 3 is 2.82 bits per heavy atom. The molecular weight excluding hydrogens is 433 g/mol. The van der Waals surface area contributed by atoms with Crippen LogP contribution in [0.25, 0.3) is 21.9 Å². The number of Topliss-reactive ketones (excluding diaryl/α,β-unsaturated/α-hetero) is 1. The second-order valence-corrected chi connectivity index (χ2v) is 8.95. The van der Waals surface area contributed by atoms with E-state index in [1.54, 1.807) is 12.4 Å². The number of aromatic nitrogens is 5. The van der Waals surface area contributed by atoms with Gasteiger partial charge in [-0.25, -0.2) is 14.4 Å². The van der Waals surface area contributed by atoms with E-state index in [4.69, 9.17) is 10.8 Å². The topological polar surface area (TPSA) is 104 Å². The van der Waals surface area contributed by atoms with E-state index in [1.165, 1.54) is 12.3 Å². The number of fused-ring (bicyclic) bond motifs is 2. The Kier molecular flexibility index (Phi) is 4.85. The summed E-state index contributed by atoms with van der Waals surface area (Å²) >= 11 is 0. The first-order chi connectivity index (χ1) is 16.5. The predicted octanol–water partition coefficient (Wildman–Crippen LogP) is 3.36. The van der Waals surface area contributed by atoms with Gasteiger partial charge in [-0.05, 0) is 37.8 Å². The number of pyridine rings is 1. The molecule has 3 aromatic heterocycles. The van der Waals surface area contributed by atoms with E-state index >= 15 is 0 Å². The Morgan fingerprint density at radius 1 is 1.24 bits per heavy atom. The summed E-state index contributed by atoms with van der Waals surface area (Å²) in [5.74, 6) is 5.75. The highest BCUT2D eigenvalue weighted by atomic mass is 19.1. The molecule has 34 heavy (non-hydrogen) atoms. The van der Waals surface area contributed by atoms with Gasteiger partial charge in [-0.1, -0.05) is 12.8 Å². The minimum atomic E-state index is -0.404. The number of imidazole rings is 1. The number of hydrogen-bond acceptors (Lipinski definition) is 6. The number of halogens is 1. The first-order valence-corrected chi connectivity index (χ1v) is 11.6. The van der Waals surface area contributed by atoms with Crippen LogP contribution in [0.2, 0.25) is 0 Å². The van der Waals surface area contributed by atoms with E-state index in [0.717, 1.165) is 37.9 Å². The molecule has 8 nitrogen and oxygen atoms in total. The van der Waals surface area contributed by atoms with E-state index in [-0.39, 0.29) is 23.2 Å². The number of nitrogens with two attached hydrogens (primary N) is 1. The van der Waals surface area contributed by atoms with Crippen molar-refractivity contribution < 1.29 is 9.18 Å². The van der Waals surface area contributed by atoms with E-state index < -0.39 is 5.82 Å². The lowest BCUT2D eigenvalue weighted by molar-refractivity contribution is 0.0989. The molecule has 9 heteroatoms. The molecule has 4 aromatic rings. The summed E-state index contributed by atoms with van der Waals surface area (Å²) < 4.78 is 18.8. The zero-order valence-electron chi connectivity index (χ0n) is 18.8. The molecule has 1 atom stereocenters. The van der Waals surface area contributed by atoms with Gasteiger partial charge in [-0.2, -0.15) is 5.10 Å². The monoisotopic (exact) mass is 457 g/mol. The van der Waals surface area contributed by atoms with Crippen LogP contribution in [0.15, 0.2) is 24.7 Å². The first kappa shape index (κ1) is 20.8. The number of nitrogens with one attached hydrogen (secondary N) is 1. The molecule has 2 aliphatic rings. The number of carbonyl (C=O) groups is 1. The Labute approximate surface area is 195 Å². The average molecular weight is 458 g/mol. The maximum atomic E-state index is 15.0. The first-order valence-electron chi connectivity index (χ1n) is 11.6. The molecule has 0 amide bonds. The Bertz CT molecular complexity index is 1510. The van der Waals surface area contributed by atoms with Gasteiger partial charge in [0.1, 0.15) is 17.3 Å². The molecule has 0 radical (unpaired) electrons. The maximum absolute atomic E-state index is 15.0. The number of ketones is 1. The fraction of sp³-hybridized carbons (Fsp3) is 0.360. The minimum Gasteiger partial charge on any atom is -0.383 e. The lowest BCUT2D eigenvalue weighted by Crippen LogP contribution is -2.16. The summed E-state index contributed by atoms with van der Waals surface area (Å²) in [5.41, 5.74) is 9.50. The maximum Gasteiger partial charge on any atom is 0.166 e. The summed E-state index contributed by atoms with van der Waals surface area (Å²) in [7, 11) is 0. The fourth-order valence-corrected chi connectivity index (χ4v) is 4.70. The van der Waals surface area contributed by atoms with Crippen LogP contribution in [0.5, 0.6) is 0 Å². The third-order valence-electron chi connectivity index (χ3n) is 6.68. The van der Waals surface area contributed by atoms with E-state index in [2.05, 4.69) is 27.1 Å². The van der Waals surface area contributed by atoms with Gasteiger partial charge < -0.3 is 15.6 Å². The van der Waals surface area contributed by atoms with Crippen molar-refractivity contribution in [1.29, 1.82) is 0 Å². The van der Waals surface area contributed by atoms with Crippen molar-refractivity contribution in [3.8, 4) is 11.8 Å². The molecule has 6 rings (SSSR count). The third kappa shape index (κ3) is 3.33. The van der Waals surface area contributed by atoms with Crippen molar-refractivity contribution in [2.24, 2.45) is 0 Å². The standard InChI is InChI=1S/C25H24FN7O/c1-2-22(34)17-12-29-25(27)23-19(31-33(24(17)23)16-7-8-28-11-16)6-3-14-9-20-21(10-18(14)26)32(13-30-20)15-4-5-15/h9-10,12-13,15-16,28H,2,4-5,7-8,11H2,1H3,(H2,27,29). The predicted molar refractivity (Wildman–Crippen MR) is 127 cm³/mol. The van der Waals surface area contributed by atoms with Gasteiger partial charge in [0.15, 0.2) is 5.78 Å². The lowest BCUT2D eigenvalue weighted by Gasteiger charge is -2.12. The molecular formula is C25H24FN7O. The van der Waals surface area contributed by atoms with Crippen LogP contribution in [-0.2, 0) is 0 Å². The molecule has 172 valence electrons. The number of carbonyl (C=O) groups excluding carboxylic acids is 1. The van der Waals surface area contributed by atoms with Crippen LogP contribution in [0.1, 0.15) is 66.3 Å². The molecule has 1 aliphatic carbocycles. The van der Waals surface area contributed by atoms with Crippen LogP contribution in [0.3, 0.4) is 0 Å². The van der Waals surface area contributed by atoms with Crippen LogP contribution in [-0.4, -0.2) is 43.2 Å². The normalized spacial score (nSPS) is 17.9. The lowest BCUT2D eigenvalue weighted by atomic mass is 10.1. The van der Waals surface area contributed by atoms with Crippen molar-refractivity contribution in [3.05, 3.63) is 47.3 Å². The largest absolute Gasteiger partial charge is 0.383 e. The van der Waals surface area contributed by atoms with Gasteiger partial charge in [0.2, 0.25) is 0 Å². The summed E-state index contributed by atoms with van der Waals surface area (Å²) in [6.45, 7) is 3.41. The molecule has 1 unspecified atom stereocenters. The van der Waals surface area contributed by atoms with Gasteiger partial charge in [0.25, 0.3) is 0 Å². The highest BCUT2D eigenvalue weighted by Crippen LogP contribution is 2.37. The van der Waals surface area contributed by atoms with Crippen molar-refractivity contribution in [3.63, 3.8) is 0 Å². The number of anilines is 1. The highest BCUT2D eigenvalue weighted by Gasteiger charge is 2.27. The van der Waals surface area contributed by atoms with Crippen molar-refractivity contribution in [2.75, 3.05) is 18.8 Å². The SMILES string of the molecule is CCC(=O)c1cnc(N)c2c(C#Cc3cc4ncn(C5CC5)c4cc3F)nn(C3CCNC3)c12. The second kappa shape index (κ2) is 7.92. The van der Waals surface area contributed by atoms with Gasteiger partial charge in [0.05, 0.1) is 45.4 Å². The number of hydrogen-bond donors (Lipinski definition) is 2. The number of benzene rings is 1. The van der Waals surface area contributed by atoms with Gasteiger partial charge >= 0.3 is 0 Å². The molecule has 0 bridgehead atoms. The molecule has 3 N–H and O–H groups in total. The zero-order chi connectivity index (χ0) is 23.4. The number of rotatable bonds is 4. The molecule has 4 heterocycles. The van der Waals surface area contributed by atoms with Gasteiger partial charge in [-0.15, -0.1) is 0 Å². The summed E-state index contributed by atoms with van der Waals surface area (Å²) in [4.78, 5) is 21.4. The summed E-state index contributed by atoms with van der Waals surface area (Å²) in [6.07, 6.45) is 6.69. The van der Waals surface area contributed by atoms with Crippen LogP contribution in [0.4, 0.5) is 10.2 Å². The fourth-order valence-electron chi connectivity index (χ4n) is 4.70. The van der Waals surface area contributed by atoms with Gasteiger partial charge in [-0.3, -0.25) is 9.48 Å². The smallest absolute Gasteiger partial charge is 0.166 e. The zero-order valence-corrected chi connectivity index (χ0v) is 18.8. The quantitative estimate of drug-likeness (QED) is 0.360. The Hall–Kier alpha value is -3.77. The Morgan fingerprint density at radius 2 is 2.09 bits per heavy atom. The minimum absolute atomic E-state index is 0.0353. The molecule has 1 aromatic carbocycles. The summed E-state index contributed by atoms with van der Waals surface area (Å²) in [6, 6.07) is 3.66.